The van der Waals surface area contributed by atoms with Gasteiger partial charge in [0.25, 0.3) is 0 Å². The Hall–Kier alpha value is -0.570. The van der Waals surface area contributed by atoms with Gasteiger partial charge in [0.15, 0.2) is 0 Å². The third-order valence-corrected chi connectivity index (χ3v) is 3.00. The monoisotopic (exact) mass is 258 g/mol. The number of aliphatic carboxylic acids is 1. The summed E-state index contributed by atoms with van der Waals surface area (Å²) in [6, 6.07) is 0. The van der Waals surface area contributed by atoms with E-state index < -0.39 is 5.97 Å². The average Bonchev–Trinajstić information content (AvgIpc) is 2.29. The van der Waals surface area contributed by atoms with Gasteiger partial charge >= 0.3 is 5.97 Å². The van der Waals surface area contributed by atoms with Gasteiger partial charge in [0.1, 0.15) is 0 Å². The van der Waals surface area contributed by atoms with Gasteiger partial charge in [0.05, 0.1) is 0 Å². The molecule has 0 aliphatic heterocycles. The molecule has 0 saturated carbocycles. The third kappa shape index (κ3) is 15.4. The molecule has 0 aromatic heterocycles. The number of carboxylic acid groups (broad SMARTS) is 1. The van der Waals surface area contributed by atoms with Crippen molar-refractivity contribution in [3.63, 3.8) is 0 Å². The van der Waals surface area contributed by atoms with Crippen LogP contribution in [0.25, 0.3) is 0 Å². The van der Waals surface area contributed by atoms with Gasteiger partial charge in [0.2, 0.25) is 0 Å². The van der Waals surface area contributed by atoms with E-state index in [1.807, 2.05) is 0 Å². The Morgan fingerprint density at radius 2 is 1.50 bits per heavy atom. The van der Waals surface area contributed by atoms with E-state index in [2.05, 4.69) is 13.8 Å². The van der Waals surface area contributed by atoms with Crippen LogP contribution in [0.4, 0.5) is 0 Å². The maximum atomic E-state index is 10.3. The highest BCUT2D eigenvalue weighted by atomic mass is 16.5. The molecule has 108 valence electrons. The van der Waals surface area contributed by atoms with Crippen LogP contribution < -0.4 is 0 Å². The van der Waals surface area contributed by atoms with E-state index in [0.29, 0.717) is 6.61 Å². The van der Waals surface area contributed by atoms with Crippen LogP contribution >= 0.6 is 0 Å². The smallest absolute Gasteiger partial charge is 0.303 e. The average molecular weight is 258 g/mol. The van der Waals surface area contributed by atoms with Gasteiger partial charge in [-0.05, 0) is 25.2 Å². The molecule has 0 radical (unpaired) electrons. The second kappa shape index (κ2) is 12.9. The second-order valence-corrected chi connectivity index (χ2v) is 5.41. The molecule has 3 nitrogen and oxygen atoms in total. The Morgan fingerprint density at radius 1 is 0.944 bits per heavy atom. The number of carbonyl (C=O) groups is 1. The molecule has 3 heteroatoms. The summed E-state index contributed by atoms with van der Waals surface area (Å²) in [4.78, 5) is 10.3. The molecular weight excluding hydrogens is 228 g/mol. The molecule has 0 aliphatic carbocycles. The van der Waals surface area contributed by atoms with Crippen molar-refractivity contribution in [3.05, 3.63) is 0 Å². The van der Waals surface area contributed by atoms with Crippen LogP contribution in [-0.2, 0) is 9.53 Å². The summed E-state index contributed by atoms with van der Waals surface area (Å²) in [5.41, 5.74) is 0. The van der Waals surface area contributed by atoms with Crippen LogP contribution in [0.1, 0.15) is 71.6 Å². The first-order chi connectivity index (χ1) is 8.63. The van der Waals surface area contributed by atoms with Crippen molar-refractivity contribution < 1.29 is 14.6 Å². The van der Waals surface area contributed by atoms with Gasteiger partial charge in [-0.3, -0.25) is 4.79 Å². The number of carboxylic acids is 1. The lowest BCUT2D eigenvalue weighted by Gasteiger charge is -2.05. The Labute approximate surface area is 112 Å². The van der Waals surface area contributed by atoms with Crippen LogP contribution in [0.5, 0.6) is 0 Å². The number of hydrogen-bond donors (Lipinski definition) is 1. The van der Waals surface area contributed by atoms with Crippen LogP contribution in [0, 0.1) is 5.92 Å². The second-order valence-electron chi connectivity index (χ2n) is 5.41. The van der Waals surface area contributed by atoms with E-state index in [1.165, 1.54) is 32.1 Å². The SMILES string of the molecule is CC(C)CCCCCCCOCCCCC(=O)O. The predicted molar refractivity (Wildman–Crippen MR) is 74.8 cm³/mol. The molecule has 0 saturated heterocycles. The normalized spacial score (nSPS) is 11.1. The van der Waals surface area contributed by atoms with E-state index in [-0.39, 0.29) is 6.42 Å². The van der Waals surface area contributed by atoms with Gasteiger partial charge in [0, 0.05) is 19.6 Å². The largest absolute Gasteiger partial charge is 0.481 e. The maximum Gasteiger partial charge on any atom is 0.303 e. The molecule has 0 unspecified atom stereocenters. The first-order valence-corrected chi connectivity index (χ1v) is 7.42. The molecule has 0 heterocycles. The molecule has 0 aliphatic rings. The highest BCUT2D eigenvalue weighted by Crippen LogP contribution is 2.10. The van der Waals surface area contributed by atoms with Crippen LogP contribution in [0.3, 0.4) is 0 Å². The topological polar surface area (TPSA) is 46.5 Å². The minimum atomic E-state index is -0.712. The molecule has 0 bridgehead atoms. The van der Waals surface area contributed by atoms with E-state index in [1.54, 1.807) is 0 Å². The highest BCUT2D eigenvalue weighted by Gasteiger charge is 1.97. The Kier molecular flexibility index (Phi) is 12.5. The van der Waals surface area contributed by atoms with E-state index in [9.17, 15) is 4.79 Å². The van der Waals surface area contributed by atoms with Gasteiger partial charge in [-0.15, -0.1) is 0 Å². The fourth-order valence-electron chi connectivity index (χ4n) is 1.87. The van der Waals surface area contributed by atoms with Crippen molar-refractivity contribution in [3.8, 4) is 0 Å². The molecule has 0 fully saturated rings. The van der Waals surface area contributed by atoms with Gasteiger partial charge in [-0.1, -0.05) is 46.0 Å². The molecule has 0 aromatic rings. The van der Waals surface area contributed by atoms with E-state index >= 15 is 0 Å². The predicted octanol–water partition coefficient (Wildman–Crippen LogP) is 4.25. The first kappa shape index (κ1) is 17.4. The Morgan fingerprint density at radius 3 is 2.11 bits per heavy atom. The number of rotatable bonds is 13. The summed E-state index contributed by atoms with van der Waals surface area (Å²) in [7, 11) is 0. The Balaban J connectivity index is 2.97. The van der Waals surface area contributed by atoms with Crippen molar-refractivity contribution in [2.75, 3.05) is 13.2 Å². The molecule has 0 spiro atoms. The molecule has 1 N–H and O–H groups in total. The molecule has 0 amide bonds. The van der Waals surface area contributed by atoms with E-state index in [0.717, 1.165) is 31.8 Å². The molecule has 0 aromatic carbocycles. The van der Waals surface area contributed by atoms with Crippen LogP contribution in [0.15, 0.2) is 0 Å². The summed E-state index contributed by atoms with van der Waals surface area (Å²) in [6.45, 7) is 6.09. The number of ether oxygens (including phenoxy) is 1. The lowest BCUT2D eigenvalue weighted by Crippen LogP contribution is -1.99. The van der Waals surface area contributed by atoms with Gasteiger partial charge in [-0.2, -0.15) is 0 Å². The fourth-order valence-corrected chi connectivity index (χ4v) is 1.87. The highest BCUT2D eigenvalue weighted by molar-refractivity contribution is 5.66. The lowest BCUT2D eigenvalue weighted by molar-refractivity contribution is -0.137. The van der Waals surface area contributed by atoms with E-state index in [4.69, 9.17) is 9.84 Å². The molecule has 0 rings (SSSR count). The van der Waals surface area contributed by atoms with Crippen molar-refractivity contribution in [2.45, 2.75) is 71.6 Å². The number of unbranched alkanes of at least 4 members (excludes halogenated alkanes) is 5. The van der Waals surface area contributed by atoms with Crippen LogP contribution in [-0.4, -0.2) is 24.3 Å². The van der Waals surface area contributed by atoms with Crippen molar-refractivity contribution in [2.24, 2.45) is 5.92 Å². The minimum Gasteiger partial charge on any atom is -0.481 e. The quantitative estimate of drug-likeness (QED) is 0.502. The maximum absolute atomic E-state index is 10.3. The summed E-state index contributed by atoms with van der Waals surface area (Å²) in [5, 5.41) is 8.45. The van der Waals surface area contributed by atoms with Crippen molar-refractivity contribution >= 4 is 5.97 Å². The fraction of sp³-hybridized carbons (Fsp3) is 0.933. The Bertz CT molecular complexity index is 190. The third-order valence-electron chi connectivity index (χ3n) is 3.00. The molecule has 0 atom stereocenters. The van der Waals surface area contributed by atoms with Crippen molar-refractivity contribution in [1.29, 1.82) is 0 Å². The zero-order chi connectivity index (χ0) is 13.6. The standard InChI is InChI=1S/C15H30O3/c1-14(2)10-6-4-3-5-8-12-18-13-9-7-11-15(16)17/h14H,3-13H2,1-2H3,(H,16,17). The minimum absolute atomic E-state index is 0.263. The zero-order valence-electron chi connectivity index (χ0n) is 12.1. The zero-order valence-corrected chi connectivity index (χ0v) is 12.1. The summed E-state index contributed by atoms with van der Waals surface area (Å²) in [6.07, 6.45) is 9.61. The molecular formula is C15H30O3. The van der Waals surface area contributed by atoms with Gasteiger partial charge in [-0.25, -0.2) is 0 Å². The summed E-state index contributed by atoms with van der Waals surface area (Å²) < 4.78 is 5.47. The summed E-state index contributed by atoms with van der Waals surface area (Å²) >= 11 is 0. The molecule has 18 heavy (non-hydrogen) atoms. The summed E-state index contributed by atoms with van der Waals surface area (Å²) in [5.74, 6) is 0.121. The lowest BCUT2D eigenvalue weighted by atomic mass is 10.0. The van der Waals surface area contributed by atoms with Gasteiger partial charge < -0.3 is 9.84 Å². The van der Waals surface area contributed by atoms with Crippen molar-refractivity contribution in [1.82, 2.24) is 0 Å². The number of hydrogen-bond acceptors (Lipinski definition) is 2. The van der Waals surface area contributed by atoms with Crippen LogP contribution in [0.2, 0.25) is 0 Å². The first-order valence-electron chi connectivity index (χ1n) is 7.42.